The van der Waals surface area contributed by atoms with Crippen molar-refractivity contribution in [1.29, 1.82) is 0 Å². The molecule has 2 aromatic carbocycles. The first kappa shape index (κ1) is 20.1. The molecule has 0 bridgehead atoms. The first-order valence-electron chi connectivity index (χ1n) is 7.19. The highest BCUT2D eigenvalue weighted by Gasteiger charge is 2.13. The van der Waals surface area contributed by atoms with Crippen molar-refractivity contribution in [3.8, 4) is 0 Å². The van der Waals surface area contributed by atoms with Gasteiger partial charge in [0.1, 0.15) is 0 Å². The van der Waals surface area contributed by atoms with E-state index in [0.29, 0.717) is 15.8 Å². The van der Waals surface area contributed by atoms with E-state index < -0.39 is 11.9 Å². The molecule has 6 nitrogen and oxygen atoms in total. The number of benzene rings is 2. The van der Waals surface area contributed by atoms with E-state index in [0.717, 1.165) is 11.6 Å². The Morgan fingerprint density at radius 2 is 1.54 bits per heavy atom. The minimum absolute atomic E-state index is 0.0972. The molecule has 0 aliphatic heterocycles. The number of hydrogen-bond donors (Lipinski definition) is 3. The van der Waals surface area contributed by atoms with E-state index in [9.17, 15) is 14.4 Å². The summed E-state index contributed by atoms with van der Waals surface area (Å²) in [4.78, 5) is 34.1. The Kier molecular flexibility index (Phi) is 6.90. The molecule has 0 aliphatic rings. The SMILES string of the molecule is O=C(CSCc1ccc(Cl)c(Cl)c1)Nc1cc(C(=O)O)cc(C(=O)O)c1. The number of carboxylic acid groups (broad SMARTS) is 2. The fraction of sp³-hybridized carbons (Fsp3) is 0.118. The molecule has 2 rings (SSSR count). The Balaban J connectivity index is 1.97. The van der Waals surface area contributed by atoms with Crippen molar-refractivity contribution in [1.82, 2.24) is 0 Å². The van der Waals surface area contributed by atoms with Crippen LogP contribution in [0.3, 0.4) is 0 Å². The summed E-state index contributed by atoms with van der Waals surface area (Å²) in [7, 11) is 0. The van der Waals surface area contributed by atoms with E-state index >= 15 is 0 Å². The van der Waals surface area contributed by atoms with Crippen molar-refractivity contribution in [3.05, 3.63) is 63.1 Å². The van der Waals surface area contributed by atoms with E-state index in [1.54, 1.807) is 18.2 Å². The average Bonchev–Trinajstić information content (AvgIpc) is 2.57. The molecule has 0 fully saturated rings. The van der Waals surface area contributed by atoms with Crippen LogP contribution < -0.4 is 5.32 Å². The van der Waals surface area contributed by atoms with Crippen molar-refractivity contribution in [2.45, 2.75) is 5.75 Å². The smallest absolute Gasteiger partial charge is 0.335 e. The van der Waals surface area contributed by atoms with Crippen molar-refractivity contribution in [2.75, 3.05) is 11.1 Å². The Bertz CT molecular complexity index is 840. The fourth-order valence-corrected chi connectivity index (χ4v) is 3.13. The first-order valence-corrected chi connectivity index (χ1v) is 9.10. The normalized spacial score (nSPS) is 10.4. The number of thioether (sulfide) groups is 1. The van der Waals surface area contributed by atoms with Gasteiger partial charge in [-0.05, 0) is 35.9 Å². The van der Waals surface area contributed by atoms with Gasteiger partial charge in [-0.3, -0.25) is 4.79 Å². The summed E-state index contributed by atoms with van der Waals surface area (Å²) >= 11 is 13.1. The zero-order valence-corrected chi connectivity index (χ0v) is 15.5. The summed E-state index contributed by atoms with van der Waals surface area (Å²) in [5.41, 5.74) is 0.577. The molecular formula is C17H13Cl2NO5S. The highest BCUT2D eigenvalue weighted by Crippen LogP contribution is 2.24. The maximum absolute atomic E-state index is 12.0. The van der Waals surface area contributed by atoms with Crippen molar-refractivity contribution < 1.29 is 24.6 Å². The summed E-state index contributed by atoms with van der Waals surface area (Å²) in [6.07, 6.45) is 0. The number of halogens is 2. The highest BCUT2D eigenvalue weighted by molar-refractivity contribution is 7.99. The molecule has 0 aliphatic carbocycles. The van der Waals surface area contributed by atoms with Crippen molar-refractivity contribution in [2.24, 2.45) is 0 Å². The zero-order valence-electron chi connectivity index (χ0n) is 13.2. The van der Waals surface area contributed by atoms with Crippen LogP contribution in [0.2, 0.25) is 10.0 Å². The van der Waals surface area contributed by atoms with Gasteiger partial charge in [-0.15, -0.1) is 11.8 Å². The molecular weight excluding hydrogens is 401 g/mol. The number of hydrogen-bond acceptors (Lipinski definition) is 4. The van der Waals surface area contributed by atoms with Gasteiger partial charge in [-0.25, -0.2) is 9.59 Å². The number of rotatable bonds is 7. The summed E-state index contributed by atoms with van der Waals surface area (Å²) in [6, 6.07) is 8.62. The number of carbonyl (C=O) groups is 3. The van der Waals surface area contributed by atoms with E-state index in [2.05, 4.69) is 5.32 Å². The molecule has 0 aromatic heterocycles. The minimum atomic E-state index is -1.28. The van der Waals surface area contributed by atoms with Crippen LogP contribution in [0.5, 0.6) is 0 Å². The molecule has 0 heterocycles. The van der Waals surface area contributed by atoms with Gasteiger partial charge in [-0.1, -0.05) is 29.3 Å². The summed E-state index contributed by atoms with van der Waals surface area (Å²) < 4.78 is 0. The van der Waals surface area contributed by atoms with Gasteiger partial charge in [0.15, 0.2) is 0 Å². The van der Waals surface area contributed by atoms with Crippen molar-refractivity contribution in [3.63, 3.8) is 0 Å². The number of nitrogens with one attached hydrogen (secondary N) is 1. The van der Waals surface area contributed by atoms with Crippen LogP contribution in [0.25, 0.3) is 0 Å². The van der Waals surface area contributed by atoms with Gasteiger partial charge < -0.3 is 15.5 Å². The molecule has 3 N–H and O–H groups in total. The maximum Gasteiger partial charge on any atom is 0.335 e. The Morgan fingerprint density at radius 1 is 0.923 bits per heavy atom. The molecule has 0 saturated carbocycles. The Labute approximate surface area is 163 Å². The Hall–Kier alpha value is -2.22. The maximum atomic E-state index is 12.0. The van der Waals surface area contributed by atoms with E-state index in [1.807, 2.05) is 0 Å². The number of carboxylic acids is 2. The van der Waals surface area contributed by atoms with E-state index in [4.69, 9.17) is 33.4 Å². The lowest BCUT2D eigenvalue weighted by molar-refractivity contribution is -0.113. The lowest BCUT2D eigenvalue weighted by Gasteiger charge is -2.08. The standard InChI is InChI=1S/C17H13Cl2NO5S/c18-13-2-1-9(3-14(13)19)7-26-8-15(21)20-12-5-10(16(22)23)4-11(6-12)17(24)25/h1-6H,7-8H2,(H,20,21)(H,22,23)(H,24,25). The van der Waals surface area contributed by atoms with Gasteiger partial charge in [-0.2, -0.15) is 0 Å². The monoisotopic (exact) mass is 413 g/mol. The molecule has 9 heteroatoms. The second-order valence-electron chi connectivity index (χ2n) is 5.20. The lowest BCUT2D eigenvalue weighted by atomic mass is 10.1. The van der Waals surface area contributed by atoms with Crippen LogP contribution >= 0.6 is 35.0 Å². The molecule has 26 heavy (non-hydrogen) atoms. The number of carbonyl (C=O) groups excluding carboxylic acids is 1. The highest BCUT2D eigenvalue weighted by atomic mass is 35.5. The third kappa shape index (κ3) is 5.66. The topological polar surface area (TPSA) is 104 Å². The predicted octanol–water partition coefficient (Wildman–Crippen LogP) is 4.26. The molecule has 136 valence electrons. The third-order valence-corrected chi connectivity index (χ3v) is 4.94. The molecule has 1 amide bonds. The second-order valence-corrected chi connectivity index (χ2v) is 7.00. The summed E-state index contributed by atoms with van der Waals surface area (Å²) in [5, 5.41) is 21.4. The number of aromatic carboxylic acids is 2. The molecule has 0 spiro atoms. The van der Waals surface area contributed by atoms with Gasteiger partial charge in [0.2, 0.25) is 5.91 Å². The van der Waals surface area contributed by atoms with Crippen LogP contribution in [0.1, 0.15) is 26.3 Å². The summed E-state index contributed by atoms with van der Waals surface area (Å²) in [5.74, 6) is -2.32. The molecule has 0 radical (unpaired) electrons. The largest absolute Gasteiger partial charge is 0.478 e. The number of anilines is 1. The number of amides is 1. The van der Waals surface area contributed by atoms with Crippen LogP contribution in [-0.4, -0.2) is 33.8 Å². The minimum Gasteiger partial charge on any atom is -0.478 e. The quantitative estimate of drug-likeness (QED) is 0.626. The van der Waals surface area contributed by atoms with Crippen LogP contribution in [0.15, 0.2) is 36.4 Å². The average molecular weight is 414 g/mol. The molecule has 2 aromatic rings. The third-order valence-electron chi connectivity index (χ3n) is 3.20. The van der Waals surface area contributed by atoms with Crippen molar-refractivity contribution >= 4 is 58.5 Å². The van der Waals surface area contributed by atoms with Crippen LogP contribution in [0, 0.1) is 0 Å². The van der Waals surface area contributed by atoms with Gasteiger partial charge in [0, 0.05) is 11.4 Å². The van der Waals surface area contributed by atoms with Gasteiger partial charge in [0.25, 0.3) is 0 Å². The summed E-state index contributed by atoms with van der Waals surface area (Å²) in [6.45, 7) is 0. The molecule has 0 saturated heterocycles. The van der Waals surface area contributed by atoms with Gasteiger partial charge in [0.05, 0.1) is 26.9 Å². The zero-order chi connectivity index (χ0) is 19.3. The van der Waals surface area contributed by atoms with E-state index in [1.165, 1.54) is 23.9 Å². The van der Waals surface area contributed by atoms with Gasteiger partial charge >= 0.3 is 11.9 Å². The first-order chi connectivity index (χ1) is 12.3. The van der Waals surface area contributed by atoms with Crippen LogP contribution in [0.4, 0.5) is 5.69 Å². The Morgan fingerprint density at radius 3 is 2.08 bits per heavy atom. The second kappa shape index (κ2) is 8.93. The molecule has 0 unspecified atom stereocenters. The fourth-order valence-electron chi connectivity index (χ4n) is 2.03. The molecule has 0 atom stereocenters. The predicted molar refractivity (Wildman–Crippen MR) is 102 cm³/mol. The lowest BCUT2D eigenvalue weighted by Crippen LogP contribution is -2.15. The van der Waals surface area contributed by atoms with Crippen LogP contribution in [-0.2, 0) is 10.5 Å². The van der Waals surface area contributed by atoms with E-state index in [-0.39, 0.29) is 28.5 Å².